The summed E-state index contributed by atoms with van der Waals surface area (Å²) in [5.41, 5.74) is 0.419. The molecule has 0 saturated heterocycles. The van der Waals surface area contributed by atoms with Crippen LogP contribution in [0.5, 0.6) is 5.75 Å². The fraction of sp³-hybridized carbons (Fsp3) is 0.417. The van der Waals surface area contributed by atoms with Gasteiger partial charge in [0.05, 0.1) is 18.3 Å². The Bertz CT molecular complexity index is 329. The number of aromatic hydroxyl groups is 1. The molecule has 1 aromatic rings. The zero-order chi connectivity index (χ0) is 12.0. The van der Waals surface area contributed by atoms with Crippen LogP contribution in [0.2, 0.25) is 0 Å². The first-order valence-corrected chi connectivity index (χ1v) is 5.17. The molecule has 1 aromatic carbocycles. The van der Waals surface area contributed by atoms with Crippen LogP contribution in [-0.2, 0) is 9.47 Å². The minimum absolute atomic E-state index is 0.125. The van der Waals surface area contributed by atoms with Gasteiger partial charge in [0, 0.05) is 0 Å². The highest BCUT2D eigenvalue weighted by molar-refractivity contribution is 5.89. The Balaban J connectivity index is 2.32. The van der Waals surface area contributed by atoms with Gasteiger partial charge in [-0.05, 0) is 38.1 Å². The second-order valence-corrected chi connectivity index (χ2v) is 3.60. The monoisotopic (exact) mass is 224 g/mol. The van der Waals surface area contributed by atoms with Crippen molar-refractivity contribution in [3.8, 4) is 5.75 Å². The van der Waals surface area contributed by atoms with E-state index in [1.807, 2.05) is 13.8 Å². The number of phenolic OH excluding ortho intramolecular Hbond substituents is 1. The number of phenols is 1. The van der Waals surface area contributed by atoms with Crippen LogP contribution in [0.3, 0.4) is 0 Å². The van der Waals surface area contributed by atoms with E-state index in [0.29, 0.717) is 12.2 Å². The molecule has 0 bridgehead atoms. The van der Waals surface area contributed by atoms with Gasteiger partial charge in [0.1, 0.15) is 12.4 Å². The van der Waals surface area contributed by atoms with Crippen LogP contribution in [0.4, 0.5) is 0 Å². The first-order valence-electron chi connectivity index (χ1n) is 5.17. The van der Waals surface area contributed by atoms with Crippen molar-refractivity contribution in [2.45, 2.75) is 20.0 Å². The molecule has 0 saturated carbocycles. The third kappa shape index (κ3) is 4.31. The Hall–Kier alpha value is -1.55. The number of rotatable bonds is 5. The molecule has 0 unspecified atom stereocenters. The summed E-state index contributed by atoms with van der Waals surface area (Å²) in [6, 6.07) is 5.92. The van der Waals surface area contributed by atoms with Crippen molar-refractivity contribution >= 4 is 5.97 Å². The van der Waals surface area contributed by atoms with Gasteiger partial charge in [-0.25, -0.2) is 4.79 Å². The van der Waals surface area contributed by atoms with Crippen molar-refractivity contribution in [1.29, 1.82) is 0 Å². The average Bonchev–Trinajstić information content (AvgIpc) is 2.25. The highest BCUT2D eigenvalue weighted by atomic mass is 16.6. The molecule has 0 aliphatic heterocycles. The summed E-state index contributed by atoms with van der Waals surface area (Å²) < 4.78 is 10.2. The topological polar surface area (TPSA) is 55.8 Å². The Morgan fingerprint density at radius 2 is 1.88 bits per heavy atom. The number of carbonyl (C=O) groups excluding carboxylic acids is 1. The van der Waals surface area contributed by atoms with Crippen molar-refractivity contribution in [1.82, 2.24) is 0 Å². The molecule has 1 N–H and O–H groups in total. The fourth-order valence-corrected chi connectivity index (χ4v) is 1.10. The maximum absolute atomic E-state index is 11.4. The van der Waals surface area contributed by atoms with Crippen LogP contribution >= 0.6 is 0 Å². The summed E-state index contributed by atoms with van der Waals surface area (Å²) in [5.74, 6) is -0.285. The second-order valence-electron chi connectivity index (χ2n) is 3.60. The van der Waals surface area contributed by atoms with E-state index in [2.05, 4.69) is 0 Å². The molecule has 0 atom stereocenters. The van der Waals surface area contributed by atoms with E-state index in [0.717, 1.165) is 0 Å². The lowest BCUT2D eigenvalue weighted by molar-refractivity contribution is 0.0177. The highest BCUT2D eigenvalue weighted by Crippen LogP contribution is 2.10. The number of ether oxygens (including phenoxy) is 2. The van der Waals surface area contributed by atoms with E-state index >= 15 is 0 Å². The summed E-state index contributed by atoms with van der Waals surface area (Å²) in [5, 5.41) is 9.04. The number of hydrogen-bond donors (Lipinski definition) is 1. The van der Waals surface area contributed by atoms with Gasteiger partial charge < -0.3 is 14.6 Å². The van der Waals surface area contributed by atoms with Gasteiger partial charge in [0.2, 0.25) is 0 Å². The fourth-order valence-electron chi connectivity index (χ4n) is 1.10. The molecule has 0 amide bonds. The van der Waals surface area contributed by atoms with E-state index < -0.39 is 5.97 Å². The minimum atomic E-state index is -0.410. The molecule has 0 aliphatic carbocycles. The van der Waals surface area contributed by atoms with Crippen molar-refractivity contribution in [2.24, 2.45) is 0 Å². The standard InChI is InChI=1S/C12H16O4/c1-9(2)15-7-8-16-12(14)10-3-5-11(13)6-4-10/h3-6,9,13H,7-8H2,1-2H3. The van der Waals surface area contributed by atoms with Crippen molar-refractivity contribution < 1.29 is 19.4 Å². The lowest BCUT2D eigenvalue weighted by Crippen LogP contribution is -2.13. The van der Waals surface area contributed by atoms with Crippen LogP contribution in [-0.4, -0.2) is 30.4 Å². The molecular formula is C12H16O4. The largest absolute Gasteiger partial charge is 0.508 e. The predicted molar refractivity (Wildman–Crippen MR) is 59.5 cm³/mol. The predicted octanol–water partition coefficient (Wildman–Crippen LogP) is 1.97. The molecule has 16 heavy (non-hydrogen) atoms. The number of esters is 1. The Morgan fingerprint density at radius 3 is 2.44 bits per heavy atom. The molecule has 0 heterocycles. The third-order valence-electron chi connectivity index (χ3n) is 1.87. The molecule has 88 valence electrons. The first-order chi connectivity index (χ1) is 7.59. The van der Waals surface area contributed by atoms with Crippen molar-refractivity contribution in [3.05, 3.63) is 29.8 Å². The van der Waals surface area contributed by atoms with Crippen molar-refractivity contribution in [3.63, 3.8) is 0 Å². The van der Waals surface area contributed by atoms with Crippen LogP contribution in [0.25, 0.3) is 0 Å². The lowest BCUT2D eigenvalue weighted by atomic mass is 10.2. The molecule has 4 nitrogen and oxygen atoms in total. The number of benzene rings is 1. The summed E-state index contributed by atoms with van der Waals surface area (Å²) >= 11 is 0. The van der Waals surface area contributed by atoms with Gasteiger partial charge in [-0.1, -0.05) is 0 Å². The van der Waals surface area contributed by atoms with Crippen molar-refractivity contribution in [2.75, 3.05) is 13.2 Å². The Kier molecular flexibility index (Phi) is 4.79. The lowest BCUT2D eigenvalue weighted by Gasteiger charge is -2.08. The van der Waals surface area contributed by atoms with Crippen LogP contribution < -0.4 is 0 Å². The van der Waals surface area contributed by atoms with Gasteiger partial charge in [-0.3, -0.25) is 0 Å². The molecule has 0 radical (unpaired) electrons. The third-order valence-corrected chi connectivity index (χ3v) is 1.87. The molecular weight excluding hydrogens is 208 g/mol. The van der Waals surface area contributed by atoms with E-state index in [9.17, 15) is 4.79 Å². The van der Waals surface area contributed by atoms with Crippen LogP contribution in [0.1, 0.15) is 24.2 Å². The molecule has 4 heteroatoms. The highest BCUT2D eigenvalue weighted by Gasteiger charge is 2.06. The van der Waals surface area contributed by atoms with Gasteiger partial charge in [0.15, 0.2) is 0 Å². The second kappa shape index (κ2) is 6.12. The SMILES string of the molecule is CC(C)OCCOC(=O)c1ccc(O)cc1. The minimum Gasteiger partial charge on any atom is -0.508 e. The summed E-state index contributed by atoms with van der Waals surface area (Å²) in [7, 11) is 0. The summed E-state index contributed by atoms with van der Waals surface area (Å²) in [6.45, 7) is 4.46. The molecule has 0 aliphatic rings. The smallest absolute Gasteiger partial charge is 0.338 e. The zero-order valence-corrected chi connectivity index (χ0v) is 9.47. The van der Waals surface area contributed by atoms with Gasteiger partial charge in [-0.15, -0.1) is 0 Å². The molecule has 0 fully saturated rings. The Morgan fingerprint density at radius 1 is 1.25 bits per heavy atom. The molecule has 0 aromatic heterocycles. The maximum Gasteiger partial charge on any atom is 0.338 e. The van der Waals surface area contributed by atoms with Gasteiger partial charge >= 0.3 is 5.97 Å². The number of carbonyl (C=O) groups is 1. The summed E-state index contributed by atoms with van der Waals surface area (Å²) in [4.78, 5) is 11.4. The zero-order valence-electron chi connectivity index (χ0n) is 9.47. The average molecular weight is 224 g/mol. The van der Waals surface area contributed by atoms with E-state index in [1.54, 1.807) is 0 Å². The van der Waals surface area contributed by atoms with Gasteiger partial charge in [0.25, 0.3) is 0 Å². The van der Waals surface area contributed by atoms with E-state index in [1.165, 1.54) is 24.3 Å². The Labute approximate surface area is 94.8 Å². The van der Waals surface area contributed by atoms with Crippen LogP contribution in [0, 0.1) is 0 Å². The first kappa shape index (κ1) is 12.5. The summed E-state index contributed by atoms with van der Waals surface area (Å²) in [6.07, 6.45) is 0.132. The molecule has 0 spiro atoms. The number of hydrogen-bond acceptors (Lipinski definition) is 4. The maximum atomic E-state index is 11.4. The normalized spacial score (nSPS) is 10.4. The van der Waals surface area contributed by atoms with Gasteiger partial charge in [-0.2, -0.15) is 0 Å². The van der Waals surface area contributed by atoms with Crippen LogP contribution in [0.15, 0.2) is 24.3 Å². The molecule has 1 rings (SSSR count). The van der Waals surface area contributed by atoms with E-state index in [4.69, 9.17) is 14.6 Å². The van der Waals surface area contributed by atoms with E-state index in [-0.39, 0.29) is 18.5 Å². The quantitative estimate of drug-likeness (QED) is 0.613.